The number of pyridine rings is 1. The summed E-state index contributed by atoms with van der Waals surface area (Å²) < 4.78 is 7.85. The Kier molecular flexibility index (Phi) is 5.10. The first-order valence-electron chi connectivity index (χ1n) is 12.1. The number of rotatable bonds is 5. The number of ether oxygens (including phenoxy) is 1. The van der Waals surface area contributed by atoms with Gasteiger partial charge in [-0.3, -0.25) is 4.68 Å². The first kappa shape index (κ1) is 21.5. The van der Waals surface area contributed by atoms with Gasteiger partial charge in [0.05, 0.1) is 6.20 Å². The van der Waals surface area contributed by atoms with Gasteiger partial charge in [-0.05, 0) is 102 Å². The first-order chi connectivity index (χ1) is 15.1. The monoisotopic (exact) mass is 436 g/mol. The van der Waals surface area contributed by atoms with E-state index in [1.165, 1.54) is 38.5 Å². The molecular weight excluding hydrogens is 400 g/mol. The van der Waals surface area contributed by atoms with Crippen LogP contribution in [0.25, 0.3) is 11.1 Å². The van der Waals surface area contributed by atoms with E-state index in [1.54, 1.807) is 7.05 Å². The predicted molar refractivity (Wildman–Crippen MR) is 126 cm³/mol. The lowest BCUT2D eigenvalue weighted by Crippen LogP contribution is -2.48. The van der Waals surface area contributed by atoms with Crippen LogP contribution in [0.5, 0.6) is 0 Å². The summed E-state index contributed by atoms with van der Waals surface area (Å²) in [6.07, 6.45) is 10.3. The number of hydrogen-bond acceptors (Lipinski definition) is 5. The molecule has 0 amide bonds. The van der Waals surface area contributed by atoms with Gasteiger partial charge in [-0.1, -0.05) is 0 Å². The third kappa shape index (κ3) is 3.93. The van der Waals surface area contributed by atoms with Crippen molar-refractivity contribution in [2.24, 2.45) is 23.2 Å². The number of aromatic nitrogens is 3. The Morgan fingerprint density at radius 3 is 2.31 bits per heavy atom. The second-order valence-electron chi connectivity index (χ2n) is 11.6. The van der Waals surface area contributed by atoms with E-state index >= 15 is 0 Å². The second-order valence-corrected chi connectivity index (χ2v) is 11.6. The van der Waals surface area contributed by atoms with Gasteiger partial charge in [0.15, 0.2) is 5.69 Å². The Hall–Kier alpha value is -2.37. The van der Waals surface area contributed by atoms with Crippen LogP contribution in [0.3, 0.4) is 0 Å². The molecule has 0 saturated heterocycles. The minimum Gasteiger partial charge on any atom is -0.455 e. The zero-order valence-corrected chi connectivity index (χ0v) is 20.1. The van der Waals surface area contributed by atoms with Crippen LogP contribution in [0.15, 0.2) is 18.3 Å². The Morgan fingerprint density at radius 2 is 1.75 bits per heavy atom. The molecule has 1 N–H and O–H groups in total. The van der Waals surface area contributed by atoms with Crippen molar-refractivity contribution in [3.8, 4) is 11.1 Å². The highest BCUT2D eigenvalue weighted by atomic mass is 16.6. The van der Waals surface area contributed by atoms with E-state index in [9.17, 15) is 4.79 Å². The molecule has 0 radical (unpaired) electrons. The standard InChI is InChI=1S/C26H36N4O2/c1-16-21(20-6-7-22(27-5)29-23(20)24(31)32-25(2,3)4)14-28-30(16)15-26-11-17-8-18(12-26)10-19(9-17)13-26/h6-7,14,17-19H,8-13,15H2,1-5H3,(H,27,29). The molecule has 0 spiro atoms. The van der Waals surface area contributed by atoms with Crippen LogP contribution in [-0.4, -0.2) is 33.4 Å². The summed E-state index contributed by atoms with van der Waals surface area (Å²) in [5.41, 5.74) is 3.01. The molecule has 0 aromatic carbocycles. The van der Waals surface area contributed by atoms with Crippen molar-refractivity contribution >= 4 is 11.8 Å². The Balaban J connectivity index is 1.46. The van der Waals surface area contributed by atoms with Crippen LogP contribution in [0, 0.1) is 30.1 Å². The molecule has 2 heterocycles. The number of nitrogens with zero attached hydrogens (tertiary/aromatic N) is 3. The van der Waals surface area contributed by atoms with Crippen molar-refractivity contribution in [3.05, 3.63) is 29.7 Å². The number of nitrogens with one attached hydrogen (secondary N) is 1. The van der Waals surface area contributed by atoms with Gasteiger partial charge >= 0.3 is 5.97 Å². The summed E-state index contributed by atoms with van der Waals surface area (Å²) in [5, 5.41) is 7.84. The van der Waals surface area contributed by atoms with Gasteiger partial charge in [0.1, 0.15) is 11.4 Å². The highest BCUT2D eigenvalue weighted by Crippen LogP contribution is 2.60. The molecule has 4 bridgehead atoms. The van der Waals surface area contributed by atoms with Gasteiger partial charge in [0, 0.05) is 30.4 Å². The molecule has 4 saturated carbocycles. The van der Waals surface area contributed by atoms with Crippen molar-refractivity contribution < 1.29 is 9.53 Å². The van der Waals surface area contributed by atoms with Crippen molar-refractivity contribution in [2.45, 2.75) is 78.4 Å². The fourth-order valence-corrected chi connectivity index (χ4v) is 6.97. The van der Waals surface area contributed by atoms with Crippen molar-refractivity contribution in [3.63, 3.8) is 0 Å². The third-order valence-corrected chi connectivity index (χ3v) is 7.79. The summed E-state index contributed by atoms with van der Waals surface area (Å²) in [6, 6.07) is 3.86. The Morgan fingerprint density at radius 1 is 1.12 bits per heavy atom. The van der Waals surface area contributed by atoms with E-state index in [0.717, 1.165) is 41.1 Å². The second kappa shape index (κ2) is 7.60. The smallest absolute Gasteiger partial charge is 0.358 e. The van der Waals surface area contributed by atoms with Gasteiger partial charge in [0.25, 0.3) is 0 Å². The van der Waals surface area contributed by atoms with Crippen LogP contribution >= 0.6 is 0 Å². The summed E-state index contributed by atoms with van der Waals surface area (Å²) in [7, 11) is 1.80. The lowest BCUT2D eigenvalue weighted by Gasteiger charge is -2.56. The van der Waals surface area contributed by atoms with Crippen LogP contribution in [-0.2, 0) is 11.3 Å². The molecule has 2 aromatic heterocycles. The van der Waals surface area contributed by atoms with E-state index in [0.29, 0.717) is 16.9 Å². The van der Waals surface area contributed by atoms with Crippen molar-refractivity contribution in [1.29, 1.82) is 0 Å². The molecule has 0 atom stereocenters. The fourth-order valence-electron chi connectivity index (χ4n) is 6.97. The summed E-state index contributed by atoms with van der Waals surface area (Å²) in [6.45, 7) is 8.74. The van der Waals surface area contributed by atoms with E-state index in [4.69, 9.17) is 9.84 Å². The van der Waals surface area contributed by atoms with Crippen LogP contribution in [0.1, 0.15) is 75.5 Å². The van der Waals surface area contributed by atoms with Crippen LogP contribution in [0.2, 0.25) is 0 Å². The number of anilines is 1. The molecule has 6 heteroatoms. The maximum atomic E-state index is 13.0. The number of carbonyl (C=O) groups is 1. The lowest BCUT2D eigenvalue weighted by atomic mass is 9.49. The van der Waals surface area contributed by atoms with Gasteiger partial charge in [-0.25, -0.2) is 9.78 Å². The topological polar surface area (TPSA) is 69.0 Å². The molecule has 4 aliphatic carbocycles. The van der Waals surface area contributed by atoms with Crippen molar-refractivity contribution in [1.82, 2.24) is 14.8 Å². The maximum Gasteiger partial charge on any atom is 0.358 e. The van der Waals surface area contributed by atoms with E-state index < -0.39 is 11.6 Å². The fraction of sp³-hybridized carbons (Fsp3) is 0.654. The normalized spacial score (nSPS) is 28.7. The molecule has 4 fully saturated rings. The summed E-state index contributed by atoms with van der Waals surface area (Å²) in [5.74, 6) is 3.02. The molecule has 2 aromatic rings. The van der Waals surface area contributed by atoms with E-state index in [1.807, 2.05) is 39.1 Å². The quantitative estimate of drug-likeness (QED) is 0.630. The summed E-state index contributed by atoms with van der Waals surface area (Å²) >= 11 is 0. The van der Waals surface area contributed by atoms with Gasteiger partial charge in [-0.2, -0.15) is 5.10 Å². The molecule has 4 aliphatic rings. The minimum absolute atomic E-state index is 0.337. The highest BCUT2D eigenvalue weighted by Gasteiger charge is 2.51. The molecule has 6 rings (SSSR count). The number of carbonyl (C=O) groups excluding carboxylic acids is 1. The zero-order valence-electron chi connectivity index (χ0n) is 20.1. The highest BCUT2D eigenvalue weighted by molar-refractivity contribution is 5.96. The minimum atomic E-state index is -0.580. The lowest BCUT2D eigenvalue weighted by molar-refractivity contribution is -0.0638. The Bertz CT molecular complexity index is 998. The molecule has 0 aliphatic heterocycles. The largest absolute Gasteiger partial charge is 0.455 e. The number of esters is 1. The molecule has 172 valence electrons. The Labute approximate surface area is 191 Å². The molecular formula is C26H36N4O2. The van der Waals surface area contributed by atoms with Crippen LogP contribution in [0.4, 0.5) is 5.82 Å². The molecule has 32 heavy (non-hydrogen) atoms. The predicted octanol–water partition coefficient (Wildman–Crippen LogP) is 5.47. The first-order valence-corrected chi connectivity index (χ1v) is 12.1. The van der Waals surface area contributed by atoms with Crippen molar-refractivity contribution in [2.75, 3.05) is 12.4 Å². The van der Waals surface area contributed by atoms with E-state index in [-0.39, 0.29) is 0 Å². The maximum absolute atomic E-state index is 13.0. The third-order valence-electron chi connectivity index (χ3n) is 7.79. The zero-order chi connectivity index (χ0) is 22.7. The van der Waals surface area contributed by atoms with Gasteiger partial charge in [-0.15, -0.1) is 0 Å². The average Bonchev–Trinajstić information content (AvgIpc) is 3.04. The van der Waals surface area contributed by atoms with E-state index in [2.05, 4.69) is 21.9 Å². The summed E-state index contributed by atoms with van der Waals surface area (Å²) in [4.78, 5) is 17.6. The van der Waals surface area contributed by atoms with Gasteiger partial charge < -0.3 is 10.1 Å². The average molecular weight is 437 g/mol. The number of hydrogen-bond donors (Lipinski definition) is 1. The van der Waals surface area contributed by atoms with Crippen LogP contribution < -0.4 is 5.32 Å². The molecule has 0 unspecified atom stereocenters. The SMILES string of the molecule is CNc1ccc(-c2cnn(CC34CC5CC(CC(C5)C3)C4)c2C)c(C(=O)OC(C)(C)C)n1. The van der Waals surface area contributed by atoms with Gasteiger partial charge in [0.2, 0.25) is 0 Å². The molecule has 6 nitrogen and oxygen atoms in total.